The first-order valence-corrected chi connectivity index (χ1v) is 5.02. The molecule has 0 saturated heterocycles. The number of ketones is 1. The van der Waals surface area contributed by atoms with Gasteiger partial charge in [0, 0.05) is 13.0 Å². The van der Waals surface area contributed by atoms with E-state index in [2.05, 4.69) is 11.9 Å². The van der Waals surface area contributed by atoms with Crippen molar-refractivity contribution >= 4 is 11.9 Å². The van der Waals surface area contributed by atoms with Crippen LogP contribution in [0.2, 0.25) is 0 Å². The van der Waals surface area contributed by atoms with E-state index in [-0.39, 0.29) is 12.2 Å². The molecule has 0 heterocycles. The van der Waals surface area contributed by atoms with Gasteiger partial charge in [-0.2, -0.15) is 0 Å². The Balaban J connectivity index is 3.55. The molecular weight excluding hydrogens is 194 g/mol. The Labute approximate surface area is 90.7 Å². The van der Waals surface area contributed by atoms with E-state index in [1.54, 1.807) is 6.92 Å². The summed E-state index contributed by atoms with van der Waals surface area (Å²) < 4.78 is 4.86. The Kier molecular flexibility index (Phi) is 6.42. The number of ether oxygens (including phenoxy) is 1. The number of hydrogen-bond donors (Lipinski definition) is 1. The van der Waals surface area contributed by atoms with Gasteiger partial charge in [0.2, 0.25) is 0 Å². The predicted octanol–water partition coefficient (Wildman–Crippen LogP) is 1.90. The van der Waals surface area contributed by atoms with Crippen LogP contribution in [-0.2, 0) is 9.53 Å². The number of alkyl carbamates (subject to hydrolysis) is 1. The lowest BCUT2D eigenvalue weighted by Crippen LogP contribution is -2.28. The van der Waals surface area contributed by atoms with Gasteiger partial charge < -0.3 is 10.1 Å². The summed E-state index contributed by atoms with van der Waals surface area (Å²) in [6, 6.07) is 0. The fraction of sp³-hybridized carbons (Fsp3) is 0.636. The molecule has 0 bridgehead atoms. The van der Waals surface area contributed by atoms with Crippen molar-refractivity contribution in [1.82, 2.24) is 5.32 Å². The van der Waals surface area contributed by atoms with Gasteiger partial charge in [0.15, 0.2) is 5.78 Å². The zero-order valence-corrected chi connectivity index (χ0v) is 9.63. The largest absolute Gasteiger partial charge is 0.449 e. The molecule has 1 N–H and O–H groups in total. The van der Waals surface area contributed by atoms with Crippen LogP contribution in [0.25, 0.3) is 0 Å². The van der Waals surface area contributed by atoms with E-state index in [9.17, 15) is 9.59 Å². The Morgan fingerprint density at radius 1 is 1.40 bits per heavy atom. The van der Waals surface area contributed by atoms with Crippen LogP contribution in [0.4, 0.5) is 4.79 Å². The van der Waals surface area contributed by atoms with Crippen LogP contribution in [0.3, 0.4) is 0 Å². The minimum atomic E-state index is -0.474. The number of allylic oxidation sites excluding steroid dienone is 1. The molecule has 0 saturated carbocycles. The number of carbonyl (C=O) groups is 2. The van der Waals surface area contributed by atoms with Crippen molar-refractivity contribution in [3.05, 3.63) is 12.2 Å². The van der Waals surface area contributed by atoms with E-state index in [1.165, 1.54) is 0 Å². The van der Waals surface area contributed by atoms with Crippen LogP contribution in [0, 0.1) is 5.92 Å². The first kappa shape index (κ1) is 13.7. The van der Waals surface area contributed by atoms with Gasteiger partial charge in [-0.15, -0.1) is 0 Å². The smallest absolute Gasteiger partial charge is 0.407 e. The zero-order chi connectivity index (χ0) is 11.8. The summed E-state index contributed by atoms with van der Waals surface area (Å²) in [5, 5.41) is 2.50. The van der Waals surface area contributed by atoms with Crippen LogP contribution >= 0.6 is 0 Å². The van der Waals surface area contributed by atoms with Gasteiger partial charge in [0.1, 0.15) is 0 Å². The summed E-state index contributed by atoms with van der Waals surface area (Å²) in [5.74, 6) is 0.270. The first-order valence-electron chi connectivity index (χ1n) is 5.02. The summed E-state index contributed by atoms with van der Waals surface area (Å²) >= 11 is 0. The van der Waals surface area contributed by atoms with E-state index in [0.717, 1.165) is 0 Å². The number of carbonyl (C=O) groups excluding carboxylic acids is 2. The van der Waals surface area contributed by atoms with E-state index >= 15 is 0 Å². The van der Waals surface area contributed by atoms with Gasteiger partial charge in [-0.05, 0) is 18.4 Å². The lowest BCUT2D eigenvalue weighted by atomic mass is 10.2. The van der Waals surface area contributed by atoms with Gasteiger partial charge in [-0.1, -0.05) is 20.4 Å². The average molecular weight is 213 g/mol. The van der Waals surface area contributed by atoms with E-state index < -0.39 is 6.09 Å². The molecule has 4 heteroatoms. The van der Waals surface area contributed by atoms with Crippen LogP contribution in [0.1, 0.15) is 27.2 Å². The summed E-state index contributed by atoms with van der Waals surface area (Å²) in [6.07, 6.45) is -0.204. The fourth-order valence-corrected chi connectivity index (χ4v) is 0.785. The highest BCUT2D eigenvalue weighted by Crippen LogP contribution is 1.95. The standard InChI is InChI=1S/C11H19NO3/c1-8(2)7-15-11(14)12-6-5-10(13)9(3)4/h8H,3,5-7H2,1-2,4H3,(H,12,14). The van der Waals surface area contributed by atoms with Crippen molar-refractivity contribution in [3.63, 3.8) is 0 Å². The van der Waals surface area contributed by atoms with Gasteiger partial charge in [-0.25, -0.2) is 4.79 Å². The maximum absolute atomic E-state index is 11.1. The molecule has 0 aromatic heterocycles. The summed E-state index contributed by atoms with van der Waals surface area (Å²) in [7, 11) is 0. The number of hydrogen-bond acceptors (Lipinski definition) is 3. The molecule has 0 aliphatic carbocycles. The third kappa shape index (κ3) is 7.73. The number of nitrogens with one attached hydrogen (secondary N) is 1. The van der Waals surface area contributed by atoms with Crippen molar-refractivity contribution in [2.45, 2.75) is 27.2 Å². The topological polar surface area (TPSA) is 55.4 Å². The van der Waals surface area contributed by atoms with Gasteiger partial charge in [-0.3, -0.25) is 4.79 Å². The predicted molar refractivity (Wildman–Crippen MR) is 58.6 cm³/mol. The minimum Gasteiger partial charge on any atom is -0.449 e. The lowest BCUT2D eigenvalue weighted by molar-refractivity contribution is -0.115. The van der Waals surface area contributed by atoms with E-state index in [4.69, 9.17) is 4.74 Å². The van der Waals surface area contributed by atoms with Crippen molar-refractivity contribution in [3.8, 4) is 0 Å². The second-order valence-corrected chi connectivity index (χ2v) is 3.87. The summed E-state index contributed by atoms with van der Waals surface area (Å²) in [6.45, 7) is 9.77. The highest BCUT2D eigenvalue weighted by molar-refractivity contribution is 5.94. The first-order chi connectivity index (χ1) is 6.93. The normalized spacial score (nSPS) is 9.87. The molecule has 0 fully saturated rings. The average Bonchev–Trinajstić information content (AvgIpc) is 2.14. The van der Waals surface area contributed by atoms with Gasteiger partial charge in [0.25, 0.3) is 0 Å². The molecule has 0 unspecified atom stereocenters. The van der Waals surface area contributed by atoms with Crippen molar-refractivity contribution in [2.24, 2.45) is 5.92 Å². The molecule has 15 heavy (non-hydrogen) atoms. The third-order valence-electron chi connectivity index (χ3n) is 1.65. The molecule has 4 nitrogen and oxygen atoms in total. The van der Waals surface area contributed by atoms with E-state index in [1.807, 2.05) is 13.8 Å². The van der Waals surface area contributed by atoms with Crippen LogP contribution in [-0.4, -0.2) is 25.0 Å². The third-order valence-corrected chi connectivity index (χ3v) is 1.65. The maximum Gasteiger partial charge on any atom is 0.407 e. The molecule has 1 amide bonds. The van der Waals surface area contributed by atoms with Crippen LogP contribution in [0.15, 0.2) is 12.2 Å². The molecule has 0 spiro atoms. The molecule has 0 atom stereocenters. The van der Waals surface area contributed by atoms with Gasteiger partial charge in [0.05, 0.1) is 6.61 Å². The molecule has 0 aromatic rings. The van der Waals surface area contributed by atoms with Crippen molar-refractivity contribution < 1.29 is 14.3 Å². The lowest BCUT2D eigenvalue weighted by Gasteiger charge is -2.08. The molecule has 86 valence electrons. The highest BCUT2D eigenvalue weighted by atomic mass is 16.5. The van der Waals surface area contributed by atoms with E-state index in [0.29, 0.717) is 24.6 Å². The molecule has 0 rings (SSSR count). The number of Topliss-reactive ketones (excluding diaryl/α,β-unsaturated/α-hetero) is 1. The second kappa shape index (κ2) is 7.04. The quantitative estimate of drug-likeness (QED) is 0.686. The molecule has 0 radical (unpaired) electrons. The van der Waals surface area contributed by atoms with Crippen LogP contribution < -0.4 is 5.32 Å². The summed E-state index contributed by atoms with van der Waals surface area (Å²) in [4.78, 5) is 22.1. The second-order valence-electron chi connectivity index (χ2n) is 3.87. The Hall–Kier alpha value is -1.32. The Morgan fingerprint density at radius 3 is 2.47 bits per heavy atom. The molecule has 0 aliphatic heterocycles. The van der Waals surface area contributed by atoms with Crippen LogP contribution in [0.5, 0.6) is 0 Å². The number of amides is 1. The highest BCUT2D eigenvalue weighted by Gasteiger charge is 2.05. The molecule has 0 aromatic carbocycles. The maximum atomic E-state index is 11.1. The SMILES string of the molecule is C=C(C)C(=O)CCNC(=O)OCC(C)C. The minimum absolute atomic E-state index is 0.0424. The Bertz CT molecular complexity index is 246. The zero-order valence-electron chi connectivity index (χ0n) is 9.63. The molecule has 0 aliphatic rings. The van der Waals surface area contributed by atoms with Crippen molar-refractivity contribution in [2.75, 3.05) is 13.2 Å². The summed E-state index contributed by atoms with van der Waals surface area (Å²) in [5.41, 5.74) is 0.507. The molecular formula is C11H19NO3. The monoisotopic (exact) mass is 213 g/mol. The van der Waals surface area contributed by atoms with Crippen molar-refractivity contribution in [1.29, 1.82) is 0 Å². The Morgan fingerprint density at radius 2 is 2.00 bits per heavy atom. The van der Waals surface area contributed by atoms with Gasteiger partial charge >= 0.3 is 6.09 Å². The fourth-order valence-electron chi connectivity index (χ4n) is 0.785. The number of rotatable bonds is 6.